The normalized spacial score (nSPS) is 31.4. The minimum absolute atomic E-state index is 0.222. The quantitative estimate of drug-likeness (QED) is 0.705. The monoisotopic (exact) mass is 282 g/mol. The highest BCUT2D eigenvalue weighted by atomic mass is 16.7. The van der Waals surface area contributed by atoms with Crippen molar-refractivity contribution >= 4 is 0 Å². The maximum absolute atomic E-state index is 5.96. The Morgan fingerprint density at radius 3 is 2.30 bits per heavy atom. The lowest BCUT2D eigenvalue weighted by Crippen LogP contribution is -2.43. The minimum Gasteiger partial charge on any atom is -0.348 e. The van der Waals surface area contributed by atoms with E-state index in [1.807, 2.05) is 0 Å². The smallest absolute Gasteiger partial charge is 0.168 e. The van der Waals surface area contributed by atoms with Crippen LogP contribution in [0, 0.1) is 23.2 Å². The number of rotatable bonds is 5. The molecule has 2 fully saturated rings. The highest BCUT2D eigenvalue weighted by Gasteiger charge is 2.47. The Labute approximate surface area is 125 Å². The van der Waals surface area contributed by atoms with E-state index in [0.717, 1.165) is 43.8 Å². The van der Waals surface area contributed by atoms with E-state index in [0.29, 0.717) is 5.41 Å². The van der Waals surface area contributed by atoms with Gasteiger partial charge in [0, 0.05) is 12.8 Å². The second kappa shape index (κ2) is 6.36. The number of hydrogen-bond acceptors (Lipinski definition) is 2. The van der Waals surface area contributed by atoms with Gasteiger partial charge in [0.05, 0.1) is 13.2 Å². The van der Waals surface area contributed by atoms with Crippen LogP contribution in [0.5, 0.6) is 0 Å². The highest BCUT2D eigenvalue weighted by Crippen LogP contribution is 2.50. The summed E-state index contributed by atoms with van der Waals surface area (Å²) in [7, 11) is 0. The number of ether oxygens (including phenoxy) is 2. The van der Waals surface area contributed by atoms with Crippen LogP contribution in [0.1, 0.15) is 73.1 Å². The third-order valence-electron chi connectivity index (χ3n) is 6.21. The van der Waals surface area contributed by atoms with Crippen LogP contribution in [0.4, 0.5) is 0 Å². The van der Waals surface area contributed by atoms with Crippen LogP contribution < -0.4 is 0 Å². The molecule has 3 unspecified atom stereocenters. The van der Waals surface area contributed by atoms with E-state index < -0.39 is 0 Å². The number of hydrogen-bond donors (Lipinski definition) is 0. The second-order valence-corrected chi connectivity index (χ2v) is 7.94. The van der Waals surface area contributed by atoms with Crippen molar-refractivity contribution in [3.63, 3.8) is 0 Å². The van der Waals surface area contributed by atoms with Gasteiger partial charge < -0.3 is 9.47 Å². The van der Waals surface area contributed by atoms with Crippen molar-refractivity contribution in [2.45, 2.75) is 78.9 Å². The van der Waals surface area contributed by atoms with Crippen molar-refractivity contribution in [3.05, 3.63) is 0 Å². The summed E-state index contributed by atoms with van der Waals surface area (Å²) in [5.74, 6) is 2.19. The largest absolute Gasteiger partial charge is 0.348 e. The summed E-state index contributed by atoms with van der Waals surface area (Å²) in [6.45, 7) is 13.6. The fraction of sp³-hybridized carbons (Fsp3) is 1.00. The fourth-order valence-corrected chi connectivity index (χ4v) is 3.87. The van der Waals surface area contributed by atoms with E-state index in [-0.39, 0.29) is 5.79 Å². The van der Waals surface area contributed by atoms with Crippen LogP contribution in [0.2, 0.25) is 0 Å². The van der Waals surface area contributed by atoms with Gasteiger partial charge in [0.2, 0.25) is 0 Å². The van der Waals surface area contributed by atoms with E-state index in [2.05, 4.69) is 34.6 Å². The lowest BCUT2D eigenvalue weighted by atomic mass is 9.64. The molecular weight excluding hydrogens is 248 g/mol. The maximum atomic E-state index is 5.96. The molecule has 20 heavy (non-hydrogen) atoms. The first-order valence-corrected chi connectivity index (χ1v) is 8.66. The molecule has 2 aliphatic rings. The molecule has 118 valence electrons. The van der Waals surface area contributed by atoms with E-state index in [9.17, 15) is 0 Å². The molecule has 1 aliphatic heterocycles. The molecule has 1 aliphatic carbocycles. The average Bonchev–Trinajstić information content (AvgIpc) is 2.87. The Morgan fingerprint density at radius 1 is 1.05 bits per heavy atom. The van der Waals surface area contributed by atoms with Crippen molar-refractivity contribution in [2.24, 2.45) is 23.2 Å². The fourth-order valence-electron chi connectivity index (χ4n) is 3.87. The molecule has 0 radical (unpaired) electrons. The van der Waals surface area contributed by atoms with E-state index in [1.54, 1.807) is 0 Å². The van der Waals surface area contributed by atoms with Gasteiger partial charge >= 0.3 is 0 Å². The lowest BCUT2D eigenvalue weighted by molar-refractivity contribution is -0.205. The molecule has 0 aromatic carbocycles. The summed E-state index contributed by atoms with van der Waals surface area (Å²) in [6, 6.07) is 0. The Hall–Kier alpha value is -0.0800. The molecule has 1 heterocycles. The van der Waals surface area contributed by atoms with Crippen LogP contribution >= 0.6 is 0 Å². The van der Waals surface area contributed by atoms with Crippen molar-refractivity contribution in [1.82, 2.24) is 0 Å². The molecule has 0 amide bonds. The third kappa shape index (κ3) is 3.57. The first-order valence-electron chi connectivity index (χ1n) is 8.66. The zero-order valence-corrected chi connectivity index (χ0v) is 14.2. The van der Waals surface area contributed by atoms with Crippen LogP contribution in [-0.4, -0.2) is 19.0 Å². The molecule has 1 saturated heterocycles. The maximum Gasteiger partial charge on any atom is 0.168 e. The minimum atomic E-state index is -0.222. The van der Waals surface area contributed by atoms with Gasteiger partial charge in [0.25, 0.3) is 0 Å². The first-order chi connectivity index (χ1) is 9.38. The summed E-state index contributed by atoms with van der Waals surface area (Å²) >= 11 is 0. The summed E-state index contributed by atoms with van der Waals surface area (Å²) < 4.78 is 11.9. The van der Waals surface area contributed by atoms with Crippen molar-refractivity contribution in [1.29, 1.82) is 0 Å². The molecular formula is C18H34O2. The van der Waals surface area contributed by atoms with Gasteiger partial charge in [-0.05, 0) is 36.0 Å². The topological polar surface area (TPSA) is 18.5 Å². The Bertz CT molecular complexity index is 305. The van der Waals surface area contributed by atoms with Gasteiger partial charge in [0.1, 0.15) is 0 Å². The molecule has 0 aromatic heterocycles. The molecule has 2 rings (SSSR count). The second-order valence-electron chi connectivity index (χ2n) is 7.94. The molecule has 0 bridgehead atoms. The predicted octanol–water partition coefficient (Wildman–Crippen LogP) is 5.02. The van der Waals surface area contributed by atoms with Crippen LogP contribution in [0.3, 0.4) is 0 Å². The average molecular weight is 282 g/mol. The van der Waals surface area contributed by atoms with Gasteiger partial charge in [-0.2, -0.15) is 0 Å². The van der Waals surface area contributed by atoms with Crippen LogP contribution in [0.25, 0.3) is 0 Å². The summed E-state index contributed by atoms with van der Waals surface area (Å²) in [4.78, 5) is 0. The molecule has 2 nitrogen and oxygen atoms in total. The van der Waals surface area contributed by atoms with E-state index in [1.165, 1.54) is 25.7 Å². The van der Waals surface area contributed by atoms with Gasteiger partial charge in [-0.15, -0.1) is 0 Å². The Morgan fingerprint density at radius 2 is 1.70 bits per heavy atom. The molecule has 0 aromatic rings. The molecule has 1 saturated carbocycles. The SMILES string of the molecule is CCC(C)C(C)CCC1CC2(CCC1(C)C)OCCO2. The standard InChI is InChI=1S/C18H34O2/c1-6-14(2)15(3)7-8-16-13-18(19-11-12-20-18)10-9-17(16,4)5/h14-16H,6-13H2,1-5H3. The lowest BCUT2D eigenvalue weighted by Gasteiger charge is -2.46. The van der Waals surface area contributed by atoms with Crippen molar-refractivity contribution in [2.75, 3.05) is 13.2 Å². The molecule has 1 spiro atoms. The third-order valence-corrected chi connectivity index (χ3v) is 6.21. The predicted molar refractivity (Wildman–Crippen MR) is 83.6 cm³/mol. The molecule has 0 N–H and O–H groups in total. The van der Waals surface area contributed by atoms with Crippen LogP contribution in [-0.2, 0) is 9.47 Å². The highest BCUT2D eigenvalue weighted by molar-refractivity contribution is 4.92. The molecule has 3 atom stereocenters. The van der Waals surface area contributed by atoms with Crippen molar-refractivity contribution < 1.29 is 9.47 Å². The van der Waals surface area contributed by atoms with E-state index in [4.69, 9.17) is 9.47 Å². The summed E-state index contributed by atoms with van der Waals surface area (Å²) in [5.41, 5.74) is 0.440. The van der Waals surface area contributed by atoms with Gasteiger partial charge in [-0.3, -0.25) is 0 Å². The van der Waals surface area contributed by atoms with Crippen LogP contribution in [0.15, 0.2) is 0 Å². The zero-order chi connectivity index (χ0) is 14.8. The van der Waals surface area contributed by atoms with Gasteiger partial charge in [-0.1, -0.05) is 47.5 Å². The summed E-state index contributed by atoms with van der Waals surface area (Å²) in [5, 5.41) is 0. The Kier molecular flexibility index (Phi) is 5.18. The van der Waals surface area contributed by atoms with Gasteiger partial charge in [0.15, 0.2) is 5.79 Å². The Balaban J connectivity index is 1.92. The zero-order valence-electron chi connectivity index (χ0n) is 14.2. The van der Waals surface area contributed by atoms with Gasteiger partial charge in [-0.25, -0.2) is 0 Å². The summed E-state index contributed by atoms with van der Waals surface area (Å²) in [6.07, 6.45) is 7.39. The van der Waals surface area contributed by atoms with Crippen molar-refractivity contribution in [3.8, 4) is 0 Å². The van der Waals surface area contributed by atoms with E-state index >= 15 is 0 Å². The molecule has 2 heteroatoms. The first kappa shape index (κ1) is 16.3.